The second-order valence-electron chi connectivity index (χ2n) is 5.54. The maximum atomic E-state index is 12.4. The first-order valence-corrected chi connectivity index (χ1v) is 7.48. The molecule has 0 bridgehead atoms. The Bertz CT molecular complexity index is 1170. The van der Waals surface area contributed by atoms with Crippen LogP contribution in [0, 0.1) is 6.92 Å². The maximum absolute atomic E-state index is 12.4. The van der Waals surface area contributed by atoms with Crippen molar-refractivity contribution in [1.29, 1.82) is 0 Å². The summed E-state index contributed by atoms with van der Waals surface area (Å²) in [6, 6.07) is 8.60. The van der Waals surface area contributed by atoms with E-state index in [1.165, 1.54) is 10.6 Å². The van der Waals surface area contributed by atoms with Crippen molar-refractivity contribution in [3.63, 3.8) is 0 Å². The molecule has 0 saturated heterocycles. The summed E-state index contributed by atoms with van der Waals surface area (Å²) in [5, 5.41) is 12.3. The van der Waals surface area contributed by atoms with Crippen molar-refractivity contribution in [3.05, 3.63) is 58.0 Å². The van der Waals surface area contributed by atoms with Gasteiger partial charge in [0.25, 0.3) is 5.56 Å². The molecule has 9 heteroatoms. The SMILES string of the molecule is Cc1cc(C(=O)OCc2nnc3n(C)c(=O)c4ccccc4n23)on1. The van der Waals surface area contributed by atoms with Crippen LogP contribution in [0.2, 0.25) is 0 Å². The van der Waals surface area contributed by atoms with Crippen LogP contribution < -0.4 is 5.56 Å². The van der Waals surface area contributed by atoms with Gasteiger partial charge in [0.1, 0.15) is 0 Å². The van der Waals surface area contributed by atoms with Gasteiger partial charge in [0.2, 0.25) is 11.5 Å². The van der Waals surface area contributed by atoms with Crippen LogP contribution in [0.4, 0.5) is 0 Å². The van der Waals surface area contributed by atoms with Gasteiger partial charge in [-0.05, 0) is 19.1 Å². The molecule has 0 aliphatic rings. The molecule has 0 saturated carbocycles. The van der Waals surface area contributed by atoms with Crippen molar-refractivity contribution in [1.82, 2.24) is 24.3 Å². The van der Waals surface area contributed by atoms with E-state index in [0.717, 1.165) is 0 Å². The van der Waals surface area contributed by atoms with Crippen molar-refractivity contribution in [2.24, 2.45) is 7.05 Å². The van der Waals surface area contributed by atoms with Gasteiger partial charge < -0.3 is 9.26 Å². The first-order chi connectivity index (χ1) is 12.1. The minimum Gasteiger partial charge on any atom is -0.451 e. The fraction of sp³-hybridized carbons (Fsp3) is 0.188. The minimum absolute atomic E-state index is 0.0172. The molecule has 0 fully saturated rings. The highest BCUT2D eigenvalue weighted by Crippen LogP contribution is 2.15. The van der Waals surface area contributed by atoms with Gasteiger partial charge in [-0.15, -0.1) is 10.2 Å². The van der Waals surface area contributed by atoms with Crippen LogP contribution in [-0.2, 0) is 18.4 Å². The van der Waals surface area contributed by atoms with Crippen molar-refractivity contribution < 1.29 is 14.1 Å². The van der Waals surface area contributed by atoms with E-state index in [1.54, 1.807) is 36.6 Å². The van der Waals surface area contributed by atoms with Crippen molar-refractivity contribution in [2.75, 3.05) is 0 Å². The molecule has 0 aliphatic heterocycles. The molecule has 1 aromatic carbocycles. The lowest BCUT2D eigenvalue weighted by Crippen LogP contribution is -2.20. The van der Waals surface area contributed by atoms with E-state index in [2.05, 4.69) is 15.4 Å². The van der Waals surface area contributed by atoms with Gasteiger partial charge in [-0.1, -0.05) is 17.3 Å². The van der Waals surface area contributed by atoms with E-state index in [0.29, 0.717) is 28.2 Å². The molecule has 0 atom stereocenters. The summed E-state index contributed by atoms with van der Waals surface area (Å²) in [5.41, 5.74) is 1.06. The van der Waals surface area contributed by atoms with Crippen LogP contribution in [-0.4, -0.2) is 30.3 Å². The number of hydrogen-bond donors (Lipinski definition) is 0. The standard InChI is InChI=1S/C16H13N5O4/c1-9-7-12(25-19-9)15(23)24-8-13-17-18-16-20(2)14(22)10-5-3-4-6-11(10)21(13)16/h3-7H,8H2,1-2H3. The zero-order valence-corrected chi connectivity index (χ0v) is 13.5. The van der Waals surface area contributed by atoms with Crippen LogP contribution in [0.1, 0.15) is 22.1 Å². The molecule has 0 amide bonds. The zero-order valence-electron chi connectivity index (χ0n) is 13.5. The average Bonchev–Trinajstić information content (AvgIpc) is 3.24. The third-order valence-corrected chi connectivity index (χ3v) is 3.85. The first-order valence-electron chi connectivity index (χ1n) is 7.48. The highest BCUT2D eigenvalue weighted by molar-refractivity contribution is 5.86. The lowest BCUT2D eigenvalue weighted by molar-refractivity contribution is 0.0414. The molecule has 4 aromatic rings. The van der Waals surface area contributed by atoms with Crippen LogP contribution in [0.25, 0.3) is 16.7 Å². The normalized spacial score (nSPS) is 11.3. The lowest BCUT2D eigenvalue weighted by Gasteiger charge is -2.07. The van der Waals surface area contributed by atoms with Gasteiger partial charge in [0.05, 0.1) is 16.6 Å². The number of hydrogen-bond acceptors (Lipinski definition) is 7. The Morgan fingerprint density at radius 1 is 1.28 bits per heavy atom. The number of fused-ring (bicyclic) bond motifs is 3. The molecule has 126 valence electrons. The quantitative estimate of drug-likeness (QED) is 0.517. The number of carbonyl (C=O) groups is 1. The minimum atomic E-state index is -0.647. The molecule has 0 aliphatic carbocycles. The summed E-state index contributed by atoms with van der Waals surface area (Å²) in [5.74, 6) is 0.131. The van der Waals surface area contributed by atoms with E-state index in [-0.39, 0.29) is 17.9 Å². The molecule has 3 heterocycles. The average molecular weight is 339 g/mol. The maximum Gasteiger partial charge on any atom is 0.377 e. The Balaban J connectivity index is 1.76. The number of esters is 1. The highest BCUT2D eigenvalue weighted by Gasteiger charge is 2.18. The van der Waals surface area contributed by atoms with Gasteiger partial charge >= 0.3 is 5.97 Å². The Morgan fingerprint density at radius 3 is 2.84 bits per heavy atom. The Morgan fingerprint density at radius 2 is 2.08 bits per heavy atom. The van der Waals surface area contributed by atoms with Gasteiger partial charge in [-0.2, -0.15) is 0 Å². The number of para-hydroxylation sites is 1. The summed E-state index contributed by atoms with van der Waals surface area (Å²) in [6.07, 6.45) is 0. The van der Waals surface area contributed by atoms with E-state index < -0.39 is 5.97 Å². The summed E-state index contributed by atoms with van der Waals surface area (Å²) >= 11 is 0. The summed E-state index contributed by atoms with van der Waals surface area (Å²) in [4.78, 5) is 24.4. The molecule has 9 nitrogen and oxygen atoms in total. The topological polar surface area (TPSA) is 105 Å². The fourth-order valence-corrected chi connectivity index (χ4v) is 2.65. The Labute approximate surface area is 140 Å². The van der Waals surface area contributed by atoms with Gasteiger partial charge in [-0.3, -0.25) is 13.8 Å². The predicted octanol–water partition coefficient (Wildman–Crippen LogP) is 1.23. The number of nitrogens with zero attached hydrogens (tertiary/aromatic N) is 5. The monoisotopic (exact) mass is 339 g/mol. The number of ether oxygens (including phenoxy) is 1. The lowest BCUT2D eigenvalue weighted by atomic mass is 10.2. The highest BCUT2D eigenvalue weighted by atomic mass is 16.6. The molecule has 3 aromatic heterocycles. The van der Waals surface area contributed by atoms with Gasteiger partial charge in [-0.25, -0.2) is 4.79 Å². The molecule has 0 unspecified atom stereocenters. The van der Waals surface area contributed by atoms with Crippen LogP contribution in [0.15, 0.2) is 39.6 Å². The third-order valence-electron chi connectivity index (χ3n) is 3.85. The number of aromatic nitrogens is 5. The van der Waals surface area contributed by atoms with E-state index in [9.17, 15) is 9.59 Å². The van der Waals surface area contributed by atoms with Gasteiger partial charge in [0.15, 0.2) is 12.4 Å². The second-order valence-corrected chi connectivity index (χ2v) is 5.54. The fourth-order valence-electron chi connectivity index (χ4n) is 2.65. The zero-order chi connectivity index (χ0) is 17.6. The van der Waals surface area contributed by atoms with Crippen LogP contribution >= 0.6 is 0 Å². The molecule has 4 rings (SSSR count). The molecule has 25 heavy (non-hydrogen) atoms. The van der Waals surface area contributed by atoms with Crippen LogP contribution in [0.3, 0.4) is 0 Å². The Kier molecular flexibility index (Phi) is 3.34. The number of aryl methyl sites for hydroxylation is 2. The Hall–Kier alpha value is -3.49. The largest absolute Gasteiger partial charge is 0.451 e. The second kappa shape index (κ2) is 5.55. The van der Waals surface area contributed by atoms with E-state index in [1.807, 2.05) is 6.07 Å². The summed E-state index contributed by atoms with van der Waals surface area (Å²) in [7, 11) is 1.62. The number of carbonyl (C=O) groups excluding carboxylic acids is 1. The van der Waals surface area contributed by atoms with E-state index in [4.69, 9.17) is 9.26 Å². The van der Waals surface area contributed by atoms with Crippen molar-refractivity contribution in [3.8, 4) is 0 Å². The predicted molar refractivity (Wildman–Crippen MR) is 86.1 cm³/mol. The summed E-state index contributed by atoms with van der Waals surface area (Å²) in [6.45, 7) is 1.58. The smallest absolute Gasteiger partial charge is 0.377 e. The number of rotatable bonds is 3. The molecule has 0 spiro atoms. The van der Waals surface area contributed by atoms with Crippen LogP contribution in [0.5, 0.6) is 0 Å². The number of benzene rings is 1. The molecule has 0 N–H and O–H groups in total. The molecular formula is C16H13N5O4. The summed E-state index contributed by atoms with van der Waals surface area (Å²) < 4.78 is 13.2. The first kappa shape index (κ1) is 15.1. The van der Waals surface area contributed by atoms with Crippen molar-refractivity contribution >= 4 is 22.6 Å². The van der Waals surface area contributed by atoms with E-state index >= 15 is 0 Å². The molecule has 0 radical (unpaired) electrons. The molecular weight excluding hydrogens is 326 g/mol. The third kappa shape index (κ3) is 2.36. The van der Waals surface area contributed by atoms with Crippen molar-refractivity contribution in [2.45, 2.75) is 13.5 Å². The van der Waals surface area contributed by atoms with Gasteiger partial charge in [0, 0.05) is 13.1 Å².